The molecule has 6 nitrogen and oxygen atoms in total. The monoisotopic (exact) mass is 698 g/mol. The number of nitrogens with one attached hydrogen (secondary N) is 1. The van der Waals surface area contributed by atoms with Gasteiger partial charge in [0, 0.05) is 32.6 Å². The zero-order chi connectivity index (χ0) is 35.9. The minimum atomic E-state index is -0.530. The summed E-state index contributed by atoms with van der Waals surface area (Å²) >= 11 is 0. The fourth-order valence-corrected chi connectivity index (χ4v) is 14.0. The Balaban J connectivity index is 0.00000193. The number of carbonyl (C=O) groups is 1. The van der Waals surface area contributed by atoms with Gasteiger partial charge in [0.1, 0.15) is 11.6 Å². The lowest BCUT2D eigenvalue weighted by molar-refractivity contribution is -0.246. The Hall–Kier alpha value is -1.61. The molecule has 8 heteroatoms. The van der Waals surface area contributed by atoms with E-state index < -0.39 is 11.6 Å². The first-order valence-corrected chi connectivity index (χ1v) is 20.1. The molecule has 2 heterocycles. The van der Waals surface area contributed by atoms with Gasteiger partial charge in [-0.1, -0.05) is 48.5 Å². The molecule has 1 aromatic rings. The van der Waals surface area contributed by atoms with Crippen LogP contribution in [0.4, 0.5) is 8.78 Å². The van der Waals surface area contributed by atoms with Gasteiger partial charge in [0.05, 0.1) is 31.5 Å². The second-order valence-corrected chi connectivity index (χ2v) is 18.4. The van der Waals surface area contributed by atoms with E-state index in [0.29, 0.717) is 66.9 Å². The fourth-order valence-electron chi connectivity index (χ4n) is 14.0. The molecule has 2 spiro atoms. The first-order chi connectivity index (χ1) is 23.7. The van der Waals surface area contributed by atoms with E-state index in [4.69, 9.17) is 14.2 Å². The van der Waals surface area contributed by atoms with Crippen molar-refractivity contribution in [2.75, 3.05) is 26.2 Å². The molecule has 1 N–H and O–H groups in total. The summed E-state index contributed by atoms with van der Waals surface area (Å²) in [5, 5.41) is 3.45. The minimum Gasteiger partial charge on any atom is -0.373 e. The lowest BCUT2D eigenvalue weighted by Gasteiger charge is -2.63. The number of morpholine rings is 1. The van der Waals surface area contributed by atoms with Gasteiger partial charge >= 0.3 is 0 Å². The molecular weight excluding hydrogens is 634 g/mol. The SMILES string of the molecule is CC.CC(=O)N1CCOC(OC2CC[C@]34C[C@]35CC[C@]3(C)C6C(C[C@@]3(C)[C@@H]5CCC4C2(C)C)OC(CNCc2cc(F)cc(F)c2)C[C@H]6C)C1. The van der Waals surface area contributed by atoms with Crippen LogP contribution in [-0.2, 0) is 25.5 Å². The van der Waals surface area contributed by atoms with Crippen LogP contribution in [0.2, 0.25) is 0 Å². The number of nitrogens with zero attached hydrogens (tertiary/aromatic N) is 1. The number of hydrogen-bond acceptors (Lipinski definition) is 5. The summed E-state index contributed by atoms with van der Waals surface area (Å²) in [6.07, 6.45) is 11.3. The third kappa shape index (κ3) is 5.54. The number of rotatable bonds is 6. The molecule has 12 atom stereocenters. The van der Waals surface area contributed by atoms with Crippen LogP contribution >= 0.6 is 0 Å². The normalized spacial score (nSPS) is 45.5. The highest BCUT2D eigenvalue weighted by Gasteiger charge is 2.83. The second kappa shape index (κ2) is 13.1. The molecule has 5 saturated carbocycles. The van der Waals surface area contributed by atoms with E-state index in [2.05, 4.69) is 39.9 Å². The Morgan fingerprint density at radius 2 is 1.68 bits per heavy atom. The van der Waals surface area contributed by atoms with Crippen molar-refractivity contribution in [2.24, 2.45) is 50.7 Å². The zero-order valence-corrected chi connectivity index (χ0v) is 32.1. The molecule has 2 aliphatic heterocycles. The molecule has 0 aromatic heterocycles. The average Bonchev–Trinajstić information content (AvgIpc) is 3.66. The number of ether oxygens (including phenoxy) is 3. The maximum atomic E-state index is 13.7. The van der Waals surface area contributed by atoms with Gasteiger partial charge in [0.15, 0.2) is 6.29 Å². The predicted molar refractivity (Wildman–Crippen MR) is 191 cm³/mol. The Morgan fingerprint density at radius 3 is 2.40 bits per heavy atom. The first kappa shape index (κ1) is 36.7. The van der Waals surface area contributed by atoms with Crippen molar-refractivity contribution in [3.63, 3.8) is 0 Å². The van der Waals surface area contributed by atoms with Crippen molar-refractivity contribution >= 4 is 5.91 Å². The lowest BCUT2D eigenvalue weighted by Crippen LogP contribution is -2.58. The maximum absolute atomic E-state index is 13.7. The number of amides is 1. The average molecular weight is 699 g/mol. The Morgan fingerprint density at radius 1 is 0.980 bits per heavy atom. The minimum absolute atomic E-state index is 0.0645. The number of hydrogen-bond donors (Lipinski definition) is 1. The summed E-state index contributed by atoms with van der Waals surface area (Å²) in [6, 6.07) is 3.74. The Kier molecular flexibility index (Phi) is 9.59. The topological polar surface area (TPSA) is 60.0 Å². The van der Waals surface area contributed by atoms with E-state index in [1.165, 1.54) is 50.7 Å². The van der Waals surface area contributed by atoms with Gasteiger partial charge in [-0.05, 0) is 126 Å². The predicted octanol–water partition coefficient (Wildman–Crippen LogP) is 8.51. The summed E-state index contributed by atoms with van der Waals surface area (Å²) < 4.78 is 47.2. The van der Waals surface area contributed by atoms with Crippen LogP contribution in [0.15, 0.2) is 18.2 Å². The summed E-state index contributed by atoms with van der Waals surface area (Å²) in [7, 11) is 0. The van der Waals surface area contributed by atoms with Crippen LogP contribution in [0, 0.1) is 62.4 Å². The maximum Gasteiger partial charge on any atom is 0.219 e. The van der Waals surface area contributed by atoms with Gasteiger partial charge in [0.25, 0.3) is 0 Å². The molecule has 2 saturated heterocycles. The van der Waals surface area contributed by atoms with E-state index in [-0.39, 0.29) is 46.8 Å². The smallest absolute Gasteiger partial charge is 0.219 e. The summed E-state index contributed by atoms with van der Waals surface area (Å²) in [5.74, 6) is 1.59. The van der Waals surface area contributed by atoms with E-state index in [1.807, 2.05) is 18.7 Å². The first-order valence-electron chi connectivity index (χ1n) is 20.1. The molecule has 50 heavy (non-hydrogen) atoms. The molecule has 0 radical (unpaired) electrons. The van der Waals surface area contributed by atoms with Gasteiger partial charge in [-0.25, -0.2) is 8.78 Å². The summed E-state index contributed by atoms with van der Waals surface area (Å²) in [5.41, 5.74) is 2.09. The molecule has 7 aliphatic rings. The van der Waals surface area contributed by atoms with Gasteiger partial charge in [-0.15, -0.1) is 0 Å². The van der Waals surface area contributed by atoms with Crippen molar-refractivity contribution in [1.29, 1.82) is 0 Å². The molecule has 280 valence electrons. The third-order valence-corrected chi connectivity index (χ3v) is 16.1. The molecule has 1 aromatic carbocycles. The molecular formula is C42H64F2N2O4. The zero-order valence-electron chi connectivity index (χ0n) is 32.1. The highest BCUT2D eigenvalue weighted by atomic mass is 19.1. The number of carbonyl (C=O) groups excluding carboxylic acids is 1. The lowest BCUT2D eigenvalue weighted by atomic mass is 9.41. The summed E-state index contributed by atoms with van der Waals surface area (Å²) in [6.45, 7) is 21.2. The van der Waals surface area contributed by atoms with Gasteiger partial charge in [-0.2, -0.15) is 0 Å². The molecule has 5 aliphatic carbocycles. The fraction of sp³-hybridized carbons (Fsp3) is 0.833. The van der Waals surface area contributed by atoms with Crippen molar-refractivity contribution in [2.45, 2.75) is 144 Å². The van der Waals surface area contributed by atoms with E-state index in [0.717, 1.165) is 31.2 Å². The highest BCUT2D eigenvalue weighted by molar-refractivity contribution is 5.73. The molecule has 0 bridgehead atoms. The van der Waals surface area contributed by atoms with E-state index in [1.54, 1.807) is 6.92 Å². The van der Waals surface area contributed by atoms with Crippen molar-refractivity contribution < 1.29 is 27.8 Å². The van der Waals surface area contributed by atoms with Crippen molar-refractivity contribution in [1.82, 2.24) is 10.2 Å². The highest BCUT2D eigenvalue weighted by Crippen LogP contribution is 2.89. The van der Waals surface area contributed by atoms with Crippen LogP contribution in [0.1, 0.15) is 119 Å². The standard InChI is InChI=1S/C40H58F2N2O4.C2H6/c1-24-15-29(21-43-20-26-16-27(41)18-28(42)17-26)47-30-19-38(6)32-8-7-31-36(3,4)33(48-34-22-44(25(2)45)13-14-46-34)9-10-39(31)23-40(32,39)12-11-37(38,5)35(24)30;1-2/h16-18,24,29-35,43H,7-15,19-23H2,1-6H3;1-2H3/t24-,29?,30?,31?,32+,33?,34?,35?,37-,38+,39-,40+;/m1./s1. The van der Waals surface area contributed by atoms with Crippen LogP contribution in [0.5, 0.6) is 0 Å². The van der Waals surface area contributed by atoms with E-state index >= 15 is 0 Å². The van der Waals surface area contributed by atoms with Crippen molar-refractivity contribution in [3.05, 3.63) is 35.4 Å². The van der Waals surface area contributed by atoms with Crippen LogP contribution in [0.25, 0.3) is 0 Å². The molecule has 7 fully saturated rings. The van der Waals surface area contributed by atoms with Gasteiger partial charge in [-0.3, -0.25) is 4.79 Å². The Bertz CT molecular complexity index is 1420. The second-order valence-electron chi connectivity index (χ2n) is 18.4. The van der Waals surface area contributed by atoms with Crippen LogP contribution in [0.3, 0.4) is 0 Å². The van der Waals surface area contributed by atoms with Crippen molar-refractivity contribution in [3.8, 4) is 0 Å². The molecule has 1 amide bonds. The van der Waals surface area contributed by atoms with Crippen LogP contribution in [-0.4, -0.2) is 61.7 Å². The number of benzene rings is 1. The quantitative estimate of drug-likeness (QED) is 0.323. The number of halogens is 2. The molecule has 8 rings (SSSR count). The van der Waals surface area contributed by atoms with Crippen LogP contribution < -0.4 is 5.32 Å². The number of fused-ring (bicyclic) bond motifs is 4. The van der Waals surface area contributed by atoms with E-state index in [9.17, 15) is 13.6 Å². The largest absolute Gasteiger partial charge is 0.373 e. The summed E-state index contributed by atoms with van der Waals surface area (Å²) in [4.78, 5) is 13.9. The Labute approximate surface area is 300 Å². The van der Waals surface area contributed by atoms with Gasteiger partial charge in [0.2, 0.25) is 5.91 Å². The van der Waals surface area contributed by atoms with Gasteiger partial charge < -0.3 is 24.4 Å². The molecule has 6 unspecified atom stereocenters. The third-order valence-electron chi connectivity index (χ3n) is 16.1.